The molecule has 1 amide bonds. The van der Waals surface area contributed by atoms with Gasteiger partial charge in [0.25, 0.3) is 0 Å². The van der Waals surface area contributed by atoms with Gasteiger partial charge < -0.3 is 15.2 Å². The van der Waals surface area contributed by atoms with Gasteiger partial charge >= 0.3 is 0 Å². The van der Waals surface area contributed by atoms with Gasteiger partial charge in [-0.05, 0) is 12.8 Å². The molecule has 17 heavy (non-hydrogen) atoms. The van der Waals surface area contributed by atoms with Crippen molar-refractivity contribution in [3.63, 3.8) is 0 Å². The molecule has 1 aliphatic rings. The SMILES string of the molecule is CNC(=O)Cn1nnc(CO)c1C1CCCO1. The van der Waals surface area contributed by atoms with Gasteiger partial charge in [0.1, 0.15) is 18.3 Å². The van der Waals surface area contributed by atoms with Gasteiger partial charge in [0.05, 0.1) is 12.3 Å². The van der Waals surface area contributed by atoms with Crippen LogP contribution in [0.15, 0.2) is 0 Å². The molecule has 0 spiro atoms. The molecule has 1 aliphatic heterocycles. The van der Waals surface area contributed by atoms with E-state index in [1.165, 1.54) is 4.68 Å². The lowest BCUT2D eigenvalue weighted by atomic mass is 10.1. The summed E-state index contributed by atoms with van der Waals surface area (Å²) in [5.74, 6) is -0.154. The maximum absolute atomic E-state index is 11.3. The number of likely N-dealkylation sites (N-methyl/N-ethyl adjacent to an activating group) is 1. The Morgan fingerprint density at radius 1 is 1.71 bits per heavy atom. The van der Waals surface area contributed by atoms with E-state index in [0.717, 1.165) is 12.8 Å². The van der Waals surface area contributed by atoms with Crippen molar-refractivity contribution < 1.29 is 14.6 Å². The molecule has 94 valence electrons. The van der Waals surface area contributed by atoms with Gasteiger partial charge in [-0.25, -0.2) is 4.68 Å². The molecule has 1 aromatic heterocycles. The van der Waals surface area contributed by atoms with Crippen molar-refractivity contribution in [2.75, 3.05) is 13.7 Å². The van der Waals surface area contributed by atoms with Crippen LogP contribution < -0.4 is 5.32 Å². The molecule has 2 rings (SSSR count). The van der Waals surface area contributed by atoms with Crippen LogP contribution in [0.1, 0.15) is 30.3 Å². The van der Waals surface area contributed by atoms with Crippen LogP contribution in [0, 0.1) is 0 Å². The fraction of sp³-hybridized carbons (Fsp3) is 0.700. The summed E-state index contributed by atoms with van der Waals surface area (Å²) in [5.41, 5.74) is 1.20. The van der Waals surface area contributed by atoms with E-state index in [2.05, 4.69) is 15.6 Å². The van der Waals surface area contributed by atoms with E-state index >= 15 is 0 Å². The first-order valence-electron chi connectivity index (χ1n) is 5.61. The number of hydrogen-bond donors (Lipinski definition) is 2. The normalized spacial score (nSPS) is 19.5. The number of aromatic nitrogens is 3. The number of aliphatic hydroxyl groups excluding tert-OH is 1. The number of carbonyl (C=O) groups excluding carboxylic acids is 1. The second kappa shape index (κ2) is 5.24. The van der Waals surface area contributed by atoms with Crippen LogP contribution in [0.4, 0.5) is 0 Å². The Kier molecular flexibility index (Phi) is 3.70. The summed E-state index contributed by atoms with van der Waals surface area (Å²) in [5, 5.41) is 19.5. The molecule has 0 aromatic carbocycles. The van der Waals surface area contributed by atoms with Crippen LogP contribution in [0.2, 0.25) is 0 Å². The third kappa shape index (κ3) is 2.45. The van der Waals surface area contributed by atoms with Gasteiger partial charge in [-0.1, -0.05) is 5.21 Å². The van der Waals surface area contributed by atoms with E-state index in [1.54, 1.807) is 7.05 Å². The first-order chi connectivity index (χ1) is 8.26. The average molecular weight is 240 g/mol. The van der Waals surface area contributed by atoms with Gasteiger partial charge in [-0.2, -0.15) is 0 Å². The molecule has 1 aromatic rings. The van der Waals surface area contributed by atoms with Crippen LogP contribution in [0.25, 0.3) is 0 Å². The molecule has 0 saturated carbocycles. The van der Waals surface area contributed by atoms with E-state index in [4.69, 9.17) is 4.74 Å². The molecular formula is C10H16N4O3. The van der Waals surface area contributed by atoms with Crippen molar-refractivity contribution in [3.8, 4) is 0 Å². The number of aliphatic hydroxyl groups is 1. The fourth-order valence-corrected chi connectivity index (χ4v) is 1.95. The minimum Gasteiger partial charge on any atom is -0.390 e. The van der Waals surface area contributed by atoms with Gasteiger partial charge in [-0.15, -0.1) is 5.10 Å². The van der Waals surface area contributed by atoms with Gasteiger partial charge in [-0.3, -0.25) is 4.79 Å². The summed E-state index contributed by atoms with van der Waals surface area (Å²) in [7, 11) is 1.57. The minimum atomic E-state index is -0.192. The molecule has 0 radical (unpaired) electrons. The largest absolute Gasteiger partial charge is 0.390 e. The van der Waals surface area contributed by atoms with Crippen molar-refractivity contribution in [1.29, 1.82) is 0 Å². The summed E-state index contributed by atoms with van der Waals surface area (Å²) in [6, 6.07) is 0. The number of ether oxygens (including phenoxy) is 1. The average Bonchev–Trinajstić information content (AvgIpc) is 2.96. The van der Waals surface area contributed by atoms with E-state index < -0.39 is 0 Å². The molecular weight excluding hydrogens is 224 g/mol. The van der Waals surface area contributed by atoms with Crippen LogP contribution in [0.3, 0.4) is 0 Å². The quantitative estimate of drug-likeness (QED) is 0.731. The molecule has 2 heterocycles. The highest BCUT2D eigenvalue weighted by molar-refractivity contribution is 5.75. The summed E-state index contributed by atoms with van der Waals surface area (Å²) in [4.78, 5) is 11.3. The van der Waals surface area contributed by atoms with E-state index in [0.29, 0.717) is 18.0 Å². The molecule has 1 unspecified atom stereocenters. The maximum atomic E-state index is 11.3. The zero-order chi connectivity index (χ0) is 12.3. The number of nitrogens with one attached hydrogen (secondary N) is 1. The lowest BCUT2D eigenvalue weighted by molar-refractivity contribution is -0.121. The number of rotatable bonds is 4. The fourth-order valence-electron chi connectivity index (χ4n) is 1.95. The predicted molar refractivity (Wildman–Crippen MR) is 57.9 cm³/mol. The highest BCUT2D eigenvalue weighted by Gasteiger charge is 2.26. The van der Waals surface area contributed by atoms with Crippen molar-refractivity contribution >= 4 is 5.91 Å². The van der Waals surface area contributed by atoms with Crippen LogP contribution >= 0.6 is 0 Å². The first kappa shape index (κ1) is 12.0. The molecule has 2 N–H and O–H groups in total. The Bertz CT molecular complexity index is 398. The van der Waals surface area contributed by atoms with E-state index in [-0.39, 0.29) is 25.2 Å². The molecule has 7 heteroatoms. The summed E-state index contributed by atoms with van der Waals surface area (Å²) < 4.78 is 7.05. The second-order valence-corrected chi connectivity index (χ2v) is 3.91. The van der Waals surface area contributed by atoms with Crippen molar-refractivity contribution in [3.05, 3.63) is 11.4 Å². The molecule has 1 fully saturated rings. The Labute approximate surface area is 98.8 Å². The van der Waals surface area contributed by atoms with Crippen LogP contribution in [0.5, 0.6) is 0 Å². The maximum Gasteiger partial charge on any atom is 0.241 e. The summed E-state index contributed by atoms with van der Waals surface area (Å²) >= 11 is 0. The Balaban J connectivity index is 2.25. The Morgan fingerprint density at radius 3 is 3.12 bits per heavy atom. The molecule has 0 aliphatic carbocycles. The van der Waals surface area contributed by atoms with Gasteiger partial charge in [0.2, 0.25) is 5.91 Å². The Morgan fingerprint density at radius 2 is 2.53 bits per heavy atom. The van der Waals surface area contributed by atoms with Gasteiger partial charge in [0, 0.05) is 13.7 Å². The number of hydrogen-bond acceptors (Lipinski definition) is 5. The van der Waals surface area contributed by atoms with Gasteiger partial charge in [0.15, 0.2) is 0 Å². The highest BCUT2D eigenvalue weighted by atomic mass is 16.5. The lowest BCUT2D eigenvalue weighted by Gasteiger charge is -2.12. The second-order valence-electron chi connectivity index (χ2n) is 3.91. The molecule has 0 bridgehead atoms. The zero-order valence-electron chi connectivity index (χ0n) is 9.72. The topological polar surface area (TPSA) is 89.3 Å². The summed E-state index contributed by atoms with van der Waals surface area (Å²) in [6.07, 6.45) is 1.73. The van der Waals surface area contributed by atoms with Crippen LogP contribution in [-0.2, 0) is 22.7 Å². The van der Waals surface area contributed by atoms with E-state index in [9.17, 15) is 9.90 Å². The predicted octanol–water partition coefficient (Wildman–Crippen LogP) is -0.632. The third-order valence-electron chi connectivity index (χ3n) is 2.80. The smallest absolute Gasteiger partial charge is 0.241 e. The third-order valence-corrected chi connectivity index (χ3v) is 2.80. The van der Waals surface area contributed by atoms with Crippen molar-refractivity contribution in [2.45, 2.75) is 32.1 Å². The van der Waals surface area contributed by atoms with Crippen molar-refractivity contribution in [2.24, 2.45) is 0 Å². The number of nitrogens with zero attached hydrogens (tertiary/aromatic N) is 3. The molecule has 7 nitrogen and oxygen atoms in total. The zero-order valence-corrected chi connectivity index (χ0v) is 9.72. The lowest BCUT2D eigenvalue weighted by Crippen LogP contribution is -2.25. The Hall–Kier alpha value is -1.47. The molecule has 1 saturated heterocycles. The standard InChI is InChI=1S/C10H16N4O3/c1-11-9(16)5-14-10(7(6-15)12-13-14)8-3-2-4-17-8/h8,15H,2-6H2,1H3,(H,11,16). The van der Waals surface area contributed by atoms with E-state index in [1.807, 2.05) is 0 Å². The number of amides is 1. The summed E-state index contributed by atoms with van der Waals surface area (Å²) in [6.45, 7) is 0.600. The first-order valence-corrected chi connectivity index (χ1v) is 5.61. The van der Waals surface area contributed by atoms with Crippen molar-refractivity contribution in [1.82, 2.24) is 20.3 Å². The highest BCUT2D eigenvalue weighted by Crippen LogP contribution is 2.29. The molecule has 1 atom stereocenters. The number of carbonyl (C=O) groups is 1. The monoisotopic (exact) mass is 240 g/mol. The minimum absolute atomic E-state index is 0.0959. The van der Waals surface area contributed by atoms with Crippen LogP contribution in [-0.4, -0.2) is 39.7 Å².